The number of methoxy groups -OCH3 is 1. The van der Waals surface area contributed by atoms with Crippen molar-refractivity contribution in [3.05, 3.63) is 118 Å². The van der Waals surface area contributed by atoms with E-state index in [2.05, 4.69) is 0 Å². The summed E-state index contributed by atoms with van der Waals surface area (Å²) in [5.74, 6) is 0.409. The summed E-state index contributed by atoms with van der Waals surface area (Å²) in [6, 6.07) is 26.6. The van der Waals surface area contributed by atoms with E-state index in [4.69, 9.17) is 9.72 Å². The van der Waals surface area contributed by atoms with E-state index < -0.39 is 6.04 Å². The van der Waals surface area contributed by atoms with Gasteiger partial charge in [-0.3, -0.25) is 14.2 Å². The molecule has 1 heterocycles. The zero-order chi connectivity index (χ0) is 27.5. The van der Waals surface area contributed by atoms with Gasteiger partial charge in [0, 0.05) is 25.8 Å². The lowest BCUT2D eigenvalue weighted by Crippen LogP contribution is -2.38. The highest BCUT2D eigenvalue weighted by Crippen LogP contribution is 2.26. The van der Waals surface area contributed by atoms with Crippen LogP contribution in [0.1, 0.15) is 46.7 Å². The molecular formula is C33H33N3O3. The van der Waals surface area contributed by atoms with Crippen molar-refractivity contribution in [2.24, 2.45) is 0 Å². The number of hydrogen-bond acceptors (Lipinski definition) is 4. The van der Waals surface area contributed by atoms with Crippen LogP contribution < -0.4 is 5.56 Å². The van der Waals surface area contributed by atoms with Gasteiger partial charge in [-0.15, -0.1) is 0 Å². The Hall–Kier alpha value is -4.29. The third-order valence-corrected chi connectivity index (χ3v) is 7.40. The Morgan fingerprint density at radius 2 is 1.67 bits per heavy atom. The van der Waals surface area contributed by atoms with E-state index in [1.54, 1.807) is 22.6 Å². The monoisotopic (exact) mass is 519 g/mol. The highest BCUT2D eigenvalue weighted by Gasteiger charge is 2.27. The lowest BCUT2D eigenvalue weighted by molar-refractivity contribution is 0.0657. The first kappa shape index (κ1) is 26.3. The fourth-order valence-electron chi connectivity index (χ4n) is 5.02. The Kier molecular flexibility index (Phi) is 7.57. The third kappa shape index (κ3) is 5.20. The zero-order valence-corrected chi connectivity index (χ0v) is 22.8. The predicted molar refractivity (Wildman–Crippen MR) is 157 cm³/mol. The first-order valence-corrected chi connectivity index (χ1v) is 13.3. The molecule has 39 heavy (non-hydrogen) atoms. The molecule has 0 saturated heterocycles. The van der Waals surface area contributed by atoms with E-state index in [0.29, 0.717) is 41.9 Å². The highest BCUT2D eigenvalue weighted by molar-refractivity contribution is 5.98. The number of ether oxygens (including phenoxy) is 1. The maximum atomic E-state index is 14.1. The van der Waals surface area contributed by atoms with Crippen LogP contribution in [0, 0.1) is 13.8 Å². The van der Waals surface area contributed by atoms with Crippen molar-refractivity contribution in [2.45, 2.75) is 33.2 Å². The van der Waals surface area contributed by atoms with Crippen molar-refractivity contribution in [3.8, 4) is 5.69 Å². The van der Waals surface area contributed by atoms with E-state index in [1.165, 1.54) is 0 Å². The lowest BCUT2D eigenvalue weighted by Gasteiger charge is -2.31. The average molecular weight is 520 g/mol. The van der Waals surface area contributed by atoms with Crippen LogP contribution in [0.25, 0.3) is 27.4 Å². The number of amides is 1. The number of carbonyl (C=O) groups excluding carboxylic acids is 1. The molecule has 5 rings (SSSR count). The Balaban J connectivity index is 1.66. The molecule has 0 N–H and O–H groups in total. The van der Waals surface area contributed by atoms with Gasteiger partial charge in [-0.25, -0.2) is 4.98 Å². The molecule has 4 aromatic carbocycles. The number of para-hydroxylation sites is 1. The van der Waals surface area contributed by atoms with E-state index in [0.717, 1.165) is 27.6 Å². The van der Waals surface area contributed by atoms with Gasteiger partial charge in [-0.2, -0.15) is 0 Å². The van der Waals surface area contributed by atoms with Gasteiger partial charge in [0.25, 0.3) is 11.5 Å². The van der Waals surface area contributed by atoms with Crippen LogP contribution in [0.4, 0.5) is 0 Å². The minimum absolute atomic E-state index is 0.113. The van der Waals surface area contributed by atoms with Crippen LogP contribution in [0.15, 0.2) is 89.7 Å². The zero-order valence-electron chi connectivity index (χ0n) is 22.8. The topological polar surface area (TPSA) is 64.4 Å². The predicted octanol–water partition coefficient (Wildman–Crippen LogP) is 6.40. The molecule has 1 aromatic heterocycles. The van der Waals surface area contributed by atoms with Crippen LogP contribution in [0.5, 0.6) is 0 Å². The van der Waals surface area contributed by atoms with E-state index in [9.17, 15) is 9.59 Å². The molecule has 1 unspecified atom stereocenters. The minimum Gasteiger partial charge on any atom is -0.385 e. The second-order valence-electron chi connectivity index (χ2n) is 9.98. The molecule has 0 aliphatic carbocycles. The van der Waals surface area contributed by atoms with Crippen LogP contribution in [-0.4, -0.2) is 40.6 Å². The Bertz CT molecular complexity index is 1720. The summed E-state index contributed by atoms with van der Waals surface area (Å²) < 4.78 is 6.97. The summed E-state index contributed by atoms with van der Waals surface area (Å²) in [4.78, 5) is 34.8. The van der Waals surface area contributed by atoms with Gasteiger partial charge >= 0.3 is 0 Å². The second kappa shape index (κ2) is 11.2. The first-order valence-electron chi connectivity index (χ1n) is 13.3. The van der Waals surface area contributed by atoms with Crippen molar-refractivity contribution in [1.29, 1.82) is 0 Å². The van der Waals surface area contributed by atoms with Gasteiger partial charge in [-0.05, 0) is 85.5 Å². The summed E-state index contributed by atoms with van der Waals surface area (Å²) in [6.07, 6.45) is 0.654. The molecule has 1 atom stereocenters. The lowest BCUT2D eigenvalue weighted by atomic mass is 10.0. The molecule has 0 saturated carbocycles. The van der Waals surface area contributed by atoms with Crippen LogP contribution >= 0.6 is 0 Å². The number of aromatic nitrogens is 2. The molecule has 198 valence electrons. The minimum atomic E-state index is -0.486. The maximum absolute atomic E-state index is 14.1. The summed E-state index contributed by atoms with van der Waals surface area (Å²) in [6.45, 7) is 6.99. The van der Waals surface area contributed by atoms with Crippen LogP contribution in [-0.2, 0) is 4.74 Å². The molecule has 0 aliphatic rings. The molecule has 0 fully saturated rings. The number of rotatable bonds is 8. The summed E-state index contributed by atoms with van der Waals surface area (Å²) in [7, 11) is 1.65. The highest BCUT2D eigenvalue weighted by atomic mass is 16.5. The van der Waals surface area contributed by atoms with Crippen LogP contribution in [0.2, 0.25) is 0 Å². The first-order chi connectivity index (χ1) is 18.9. The van der Waals surface area contributed by atoms with Crippen molar-refractivity contribution >= 4 is 27.6 Å². The van der Waals surface area contributed by atoms with E-state index in [-0.39, 0.29) is 11.5 Å². The number of carbonyl (C=O) groups is 1. The van der Waals surface area contributed by atoms with Gasteiger partial charge < -0.3 is 9.64 Å². The standard InChI is InChI=1S/C33H33N3O3/c1-22-14-17-28(20-23(22)2)36-31(34-30-13-8-7-12-29(30)33(36)38)24(3)35(18-9-19-39-4)32(37)27-16-15-25-10-5-6-11-26(25)21-27/h5-8,10-17,20-21,24H,9,18-19H2,1-4H3. The average Bonchev–Trinajstić information content (AvgIpc) is 2.96. The Morgan fingerprint density at radius 3 is 2.44 bits per heavy atom. The molecule has 0 spiro atoms. The molecule has 5 aromatic rings. The molecular weight excluding hydrogens is 486 g/mol. The molecule has 1 amide bonds. The van der Waals surface area contributed by atoms with Crippen molar-refractivity contribution in [1.82, 2.24) is 14.5 Å². The largest absolute Gasteiger partial charge is 0.385 e. The second-order valence-corrected chi connectivity index (χ2v) is 9.98. The van der Waals surface area contributed by atoms with Gasteiger partial charge in [-0.1, -0.05) is 48.5 Å². The fraction of sp³-hybridized carbons (Fsp3) is 0.242. The van der Waals surface area contributed by atoms with Crippen molar-refractivity contribution in [3.63, 3.8) is 0 Å². The Labute approximate surface area is 228 Å². The number of aryl methyl sites for hydroxylation is 2. The summed E-state index contributed by atoms with van der Waals surface area (Å²) in [5, 5.41) is 2.62. The molecule has 0 radical (unpaired) electrons. The van der Waals surface area contributed by atoms with E-state index in [1.807, 2.05) is 99.6 Å². The molecule has 0 aliphatic heterocycles. The summed E-state index contributed by atoms with van der Waals surface area (Å²) >= 11 is 0. The van der Waals surface area contributed by atoms with E-state index >= 15 is 0 Å². The van der Waals surface area contributed by atoms with Crippen molar-refractivity contribution < 1.29 is 9.53 Å². The normalized spacial score (nSPS) is 12.1. The number of hydrogen-bond donors (Lipinski definition) is 0. The third-order valence-electron chi connectivity index (χ3n) is 7.40. The maximum Gasteiger partial charge on any atom is 0.266 e. The summed E-state index contributed by atoms with van der Waals surface area (Å²) in [5.41, 5.74) is 4.01. The SMILES string of the molecule is COCCCN(C(=O)c1ccc2ccccc2c1)C(C)c1nc2ccccc2c(=O)n1-c1ccc(C)c(C)c1. The molecule has 0 bridgehead atoms. The van der Waals surface area contributed by atoms with Gasteiger partial charge in [0.1, 0.15) is 5.82 Å². The van der Waals surface area contributed by atoms with Crippen molar-refractivity contribution in [2.75, 3.05) is 20.3 Å². The van der Waals surface area contributed by atoms with Gasteiger partial charge in [0.05, 0.1) is 22.6 Å². The fourth-order valence-corrected chi connectivity index (χ4v) is 5.02. The smallest absolute Gasteiger partial charge is 0.266 e. The number of benzene rings is 4. The van der Waals surface area contributed by atoms with Gasteiger partial charge in [0.2, 0.25) is 0 Å². The quantitative estimate of drug-likeness (QED) is 0.223. The molecule has 6 nitrogen and oxygen atoms in total. The Morgan fingerprint density at radius 1 is 0.923 bits per heavy atom. The van der Waals surface area contributed by atoms with Gasteiger partial charge in [0.15, 0.2) is 0 Å². The van der Waals surface area contributed by atoms with Crippen LogP contribution in [0.3, 0.4) is 0 Å². The number of nitrogens with zero attached hydrogens (tertiary/aromatic N) is 3. The number of fused-ring (bicyclic) bond motifs is 2. The molecule has 6 heteroatoms.